The molecular formula is C32H47N4O4S+. The van der Waals surface area contributed by atoms with Gasteiger partial charge in [-0.2, -0.15) is 0 Å². The number of rotatable bonds is 12. The molecule has 1 aromatic heterocycles. The van der Waals surface area contributed by atoms with Crippen LogP contribution in [0.5, 0.6) is 5.75 Å². The zero-order valence-electron chi connectivity index (χ0n) is 25.5. The largest absolute Gasteiger partial charge is 0.508 e. The predicted octanol–water partition coefficient (Wildman–Crippen LogP) is 4.47. The minimum absolute atomic E-state index is 0.0455. The average molecular weight is 584 g/mol. The van der Waals surface area contributed by atoms with Crippen molar-refractivity contribution in [3.05, 3.63) is 35.4 Å². The monoisotopic (exact) mass is 583 g/mol. The van der Waals surface area contributed by atoms with Gasteiger partial charge in [-0.05, 0) is 57.6 Å². The van der Waals surface area contributed by atoms with Crippen LogP contribution in [0.2, 0.25) is 0 Å². The van der Waals surface area contributed by atoms with Gasteiger partial charge >= 0.3 is 0 Å². The van der Waals surface area contributed by atoms with Crippen molar-refractivity contribution >= 4 is 40.4 Å². The molecule has 2 aliphatic rings. The van der Waals surface area contributed by atoms with Crippen molar-refractivity contribution in [1.82, 2.24) is 20.1 Å². The Labute approximate surface area is 248 Å². The Balaban J connectivity index is 1.25. The van der Waals surface area contributed by atoms with E-state index in [-0.39, 0.29) is 27.9 Å². The second-order valence-corrected chi connectivity index (χ2v) is 15.8. The number of phenols is 1. The lowest BCUT2D eigenvalue weighted by Gasteiger charge is -2.39. The molecule has 0 saturated carbocycles. The summed E-state index contributed by atoms with van der Waals surface area (Å²) in [5, 5.41) is 16.4. The Morgan fingerprint density at radius 2 is 1.71 bits per heavy atom. The molecule has 0 atom stereocenters. The van der Waals surface area contributed by atoms with Gasteiger partial charge in [0.15, 0.2) is 0 Å². The summed E-state index contributed by atoms with van der Waals surface area (Å²) in [6, 6.07) is 3.90. The van der Waals surface area contributed by atoms with Gasteiger partial charge in [0.2, 0.25) is 10.9 Å². The van der Waals surface area contributed by atoms with E-state index in [0.29, 0.717) is 44.1 Å². The molecular weight excluding hydrogens is 536 g/mol. The van der Waals surface area contributed by atoms with E-state index in [1.165, 1.54) is 44.8 Å². The standard InChI is InChI=1S/C32H46N4O4S/c1-31(2,3)16-23-22-11-12-25(37)24(29(22)34-30(23)41-32(4,5)6)20-35-18-21(19-35)17-33-26(38)10-8-7-9-15-36-27(39)13-14-28(36)40/h11-14,21,34,37H,7-10,15-20H2,1-6H3,(H,33,38)/p+1. The second kappa shape index (κ2) is 12.6. The van der Waals surface area contributed by atoms with E-state index in [0.717, 1.165) is 43.4 Å². The number of unbranched alkanes of at least 4 members (excludes halogenated alkanes) is 2. The molecule has 1 aromatic carbocycles. The topological polar surface area (TPSA) is 106 Å². The van der Waals surface area contributed by atoms with E-state index in [1.54, 1.807) is 0 Å². The molecule has 0 unspecified atom stereocenters. The maximum Gasteiger partial charge on any atom is 0.253 e. The first-order chi connectivity index (χ1) is 19.2. The van der Waals surface area contributed by atoms with Gasteiger partial charge in [0.25, 0.3) is 11.8 Å². The van der Waals surface area contributed by atoms with Gasteiger partial charge in [0, 0.05) is 85.5 Å². The molecule has 3 N–H and O–H groups in total. The molecule has 3 amide bonds. The molecule has 2 aromatic rings. The summed E-state index contributed by atoms with van der Waals surface area (Å²) in [6.45, 7) is 17.0. The van der Waals surface area contributed by atoms with E-state index < -0.39 is 0 Å². The lowest BCUT2D eigenvalue weighted by molar-refractivity contribution is -0.137. The quantitative estimate of drug-likeness (QED) is 0.148. The number of aromatic nitrogens is 1. The third-order valence-electron chi connectivity index (χ3n) is 7.49. The van der Waals surface area contributed by atoms with Crippen LogP contribution in [0.1, 0.15) is 78.4 Å². The number of hydrogen-bond donors (Lipinski definition) is 3. The number of H-pyrrole nitrogens is 1. The van der Waals surface area contributed by atoms with Gasteiger partial charge in [0.1, 0.15) is 10.5 Å². The number of phenolic OH excluding ortho intramolecular Hbond substituents is 1. The first-order valence-electron chi connectivity index (χ1n) is 14.8. The fraction of sp³-hybridized carbons (Fsp3) is 0.594. The Bertz CT molecular complexity index is 1290. The molecule has 0 spiro atoms. The van der Waals surface area contributed by atoms with Crippen LogP contribution >= 0.6 is 0 Å². The van der Waals surface area contributed by atoms with E-state index in [2.05, 4.69) is 62.8 Å². The van der Waals surface area contributed by atoms with Crippen molar-refractivity contribution in [3.8, 4) is 5.75 Å². The molecule has 0 aliphatic carbocycles. The molecule has 41 heavy (non-hydrogen) atoms. The predicted molar refractivity (Wildman–Crippen MR) is 166 cm³/mol. The highest BCUT2D eigenvalue weighted by Gasteiger charge is 2.32. The highest BCUT2D eigenvalue weighted by molar-refractivity contribution is 7.80. The Morgan fingerprint density at radius 1 is 1.02 bits per heavy atom. The van der Waals surface area contributed by atoms with Crippen molar-refractivity contribution in [3.63, 3.8) is 0 Å². The van der Waals surface area contributed by atoms with Crippen LogP contribution in [0.4, 0.5) is 0 Å². The zero-order valence-corrected chi connectivity index (χ0v) is 26.4. The van der Waals surface area contributed by atoms with Crippen LogP contribution in [-0.4, -0.2) is 68.5 Å². The summed E-state index contributed by atoms with van der Waals surface area (Å²) >= 11 is 1.25. The van der Waals surface area contributed by atoms with Crippen LogP contribution in [0.3, 0.4) is 0 Å². The fourth-order valence-corrected chi connectivity index (χ4v) is 6.71. The molecule has 1 saturated heterocycles. The van der Waals surface area contributed by atoms with Gasteiger partial charge in [-0.15, -0.1) is 0 Å². The first-order valence-corrected chi connectivity index (χ1v) is 15.7. The number of carbonyl (C=O) groups is 3. The molecule has 0 radical (unpaired) electrons. The number of benzene rings is 1. The van der Waals surface area contributed by atoms with E-state index in [4.69, 9.17) is 0 Å². The number of nitrogens with one attached hydrogen (secondary N) is 2. The molecule has 3 heterocycles. The number of thiol groups is 1. The van der Waals surface area contributed by atoms with Crippen LogP contribution < -0.4 is 5.32 Å². The summed E-state index contributed by atoms with van der Waals surface area (Å²) in [4.78, 5) is 42.8. The summed E-state index contributed by atoms with van der Waals surface area (Å²) in [6.07, 6.45) is 6.26. The fourth-order valence-electron chi connectivity index (χ4n) is 5.54. The number of aromatic amines is 1. The SMILES string of the molecule is CC(C)(C)Cc1c([SH+]C(C)(C)C)[nH]c2c(CN3CC(CNC(=O)CCCCCN4C(=O)C=CC4=O)C3)c(O)ccc12. The smallest absolute Gasteiger partial charge is 0.253 e. The van der Waals surface area contributed by atoms with Crippen molar-refractivity contribution < 1.29 is 19.5 Å². The Morgan fingerprint density at radius 3 is 2.34 bits per heavy atom. The number of imide groups is 1. The Hall–Kier alpha value is -2.78. The van der Waals surface area contributed by atoms with Crippen molar-refractivity contribution in [2.24, 2.45) is 11.3 Å². The summed E-state index contributed by atoms with van der Waals surface area (Å²) in [5.74, 6) is 0.264. The van der Waals surface area contributed by atoms with Gasteiger partial charge in [-0.1, -0.05) is 27.2 Å². The van der Waals surface area contributed by atoms with Gasteiger partial charge in [0.05, 0.1) is 5.52 Å². The summed E-state index contributed by atoms with van der Waals surface area (Å²) < 4.78 is 0.122. The number of nitrogens with zero attached hydrogens (tertiary/aromatic N) is 2. The number of aromatic hydroxyl groups is 1. The maximum atomic E-state index is 12.3. The lowest BCUT2D eigenvalue weighted by atomic mass is 9.87. The maximum absolute atomic E-state index is 12.3. The van der Waals surface area contributed by atoms with Crippen LogP contribution in [0.25, 0.3) is 10.9 Å². The van der Waals surface area contributed by atoms with E-state index in [9.17, 15) is 19.5 Å². The Kier molecular flexibility index (Phi) is 9.59. The molecule has 0 bridgehead atoms. The third-order valence-corrected chi connectivity index (χ3v) is 8.76. The van der Waals surface area contributed by atoms with Gasteiger partial charge in [-0.25, -0.2) is 0 Å². The van der Waals surface area contributed by atoms with E-state index >= 15 is 0 Å². The van der Waals surface area contributed by atoms with E-state index in [1.807, 2.05) is 6.07 Å². The molecule has 2 aliphatic heterocycles. The highest BCUT2D eigenvalue weighted by Crippen LogP contribution is 2.37. The minimum atomic E-state index is -0.252. The number of hydrogen-bond acceptors (Lipinski definition) is 5. The summed E-state index contributed by atoms with van der Waals surface area (Å²) in [7, 11) is 0. The summed E-state index contributed by atoms with van der Waals surface area (Å²) in [5.41, 5.74) is 3.49. The molecule has 8 nitrogen and oxygen atoms in total. The normalized spacial score (nSPS) is 16.7. The molecule has 4 rings (SSSR count). The van der Waals surface area contributed by atoms with Gasteiger partial charge < -0.3 is 15.4 Å². The number of likely N-dealkylation sites (tertiary alicyclic amines) is 1. The third kappa shape index (κ3) is 8.38. The van der Waals surface area contributed by atoms with Gasteiger partial charge in [-0.3, -0.25) is 24.2 Å². The van der Waals surface area contributed by atoms with Crippen molar-refractivity contribution in [1.29, 1.82) is 0 Å². The van der Waals surface area contributed by atoms with Crippen molar-refractivity contribution in [2.75, 3.05) is 26.2 Å². The highest BCUT2D eigenvalue weighted by atomic mass is 32.2. The number of amides is 3. The van der Waals surface area contributed by atoms with Crippen LogP contribution in [0, 0.1) is 11.3 Å². The molecule has 1 fully saturated rings. The number of fused-ring (bicyclic) bond motifs is 1. The zero-order chi connectivity index (χ0) is 29.9. The second-order valence-electron chi connectivity index (χ2n) is 13.8. The number of carbonyl (C=O) groups excluding carboxylic acids is 3. The molecule has 224 valence electrons. The van der Waals surface area contributed by atoms with Crippen LogP contribution in [-0.2, 0) is 39.1 Å². The van der Waals surface area contributed by atoms with Crippen molar-refractivity contribution in [2.45, 2.75) is 90.0 Å². The molecule has 9 heteroatoms. The lowest BCUT2D eigenvalue weighted by Crippen LogP contribution is -2.50. The van der Waals surface area contributed by atoms with Crippen LogP contribution in [0.15, 0.2) is 29.3 Å². The average Bonchev–Trinajstić information content (AvgIpc) is 3.32. The minimum Gasteiger partial charge on any atom is -0.508 e. The first kappa shape index (κ1) is 31.2.